The number of aryl methyl sites for hydroxylation is 2. The Hall–Kier alpha value is -0.775. The first kappa shape index (κ1) is 12.7. The maximum Gasteiger partial charge on any atom is 0.495 e. The molecule has 0 unspecified atom stereocenters. The van der Waals surface area contributed by atoms with Crippen molar-refractivity contribution >= 4 is 30.3 Å². The molecule has 2 rings (SSSR count). The van der Waals surface area contributed by atoms with Gasteiger partial charge in [0.15, 0.2) is 0 Å². The zero-order chi connectivity index (χ0) is 12.4. The van der Waals surface area contributed by atoms with Gasteiger partial charge in [-0.1, -0.05) is 12.1 Å². The molecule has 0 saturated carbocycles. The summed E-state index contributed by atoms with van der Waals surface area (Å²) in [6.45, 7) is 3.94. The number of hydrogen-bond acceptors (Lipinski definition) is 0. The van der Waals surface area contributed by atoms with Gasteiger partial charge in [0.2, 0.25) is 0 Å². The van der Waals surface area contributed by atoms with E-state index < -0.39 is 0 Å². The van der Waals surface area contributed by atoms with E-state index in [4.69, 9.17) is 0 Å². The Balaban J connectivity index is 2.32. The molecule has 0 fully saturated rings. The van der Waals surface area contributed by atoms with E-state index in [1.165, 1.54) is 9.13 Å². The standard InChI is InChI=1S/C13H13BFIN/c1-9-7-10(2)17(14-15)13(9)8-11-3-5-12(16)6-4-11/h3-7H,8H2,1-2H3. The van der Waals surface area contributed by atoms with Crippen molar-refractivity contribution in [3.05, 3.63) is 56.4 Å². The average molecular weight is 340 g/mol. The molecule has 0 bridgehead atoms. The molecule has 4 heteroatoms. The molecule has 2 aromatic rings. The molecular formula is C13H13BFIN. The summed E-state index contributed by atoms with van der Waals surface area (Å²) in [7, 11) is 0.643. The highest BCUT2D eigenvalue weighted by Gasteiger charge is 2.11. The Bertz CT molecular complexity index is 519. The van der Waals surface area contributed by atoms with Gasteiger partial charge in [0, 0.05) is 21.4 Å². The third kappa shape index (κ3) is 2.73. The van der Waals surface area contributed by atoms with Gasteiger partial charge in [-0.25, -0.2) is 0 Å². The van der Waals surface area contributed by atoms with Gasteiger partial charge in [-0.05, 0) is 65.8 Å². The van der Waals surface area contributed by atoms with E-state index in [0.717, 1.165) is 23.4 Å². The highest BCUT2D eigenvalue weighted by atomic mass is 127. The lowest BCUT2D eigenvalue weighted by atomic mass is 10.1. The molecule has 1 radical (unpaired) electrons. The van der Waals surface area contributed by atoms with Gasteiger partial charge >= 0.3 is 7.69 Å². The Morgan fingerprint density at radius 1 is 1.24 bits per heavy atom. The van der Waals surface area contributed by atoms with Crippen molar-refractivity contribution < 1.29 is 4.32 Å². The third-order valence-electron chi connectivity index (χ3n) is 2.93. The van der Waals surface area contributed by atoms with Crippen molar-refractivity contribution in [2.45, 2.75) is 20.3 Å². The predicted molar refractivity (Wildman–Crippen MR) is 78.1 cm³/mol. The lowest BCUT2D eigenvalue weighted by molar-refractivity contribution is 0.811. The Morgan fingerprint density at radius 3 is 2.47 bits per heavy atom. The first-order valence-corrected chi connectivity index (χ1v) is 6.55. The molecule has 0 aliphatic rings. The fourth-order valence-electron chi connectivity index (χ4n) is 2.03. The molecule has 0 atom stereocenters. The fraction of sp³-hybridized carbons (Fsp3) is 0.231. The predicted octanol–water partition coefficient (Wildman–Crippen LogP) is 3.65. The van der Waals surface area contributed by atoms with Crippen molar-refractivity contribution in [1.82, 2.24) is 4.48 Å². The van der Waals surface area contributed by atoms with E-state index in [1.54, 1.807) is 4.48 Å². The van der Waals surface area contributed by atoms with Gasteiger partial charge < -0.3 is 8.79 Å². The Kier molecular flexibility index (Phi) is 3.91. The van der Waals surface area contributed by atoms with Crippen LogP contribution in [-0.2, 0) is 6.42 Å². The van der Waals surface area contributed by atoms with Crippen molar-refractivity contribution in [2.24, 2.45) is 0 Å². The quantitative estimate of drug-likeness (QED) is 0.594. The first-order chi connectivity index (χ1) is 8.11. The third-order valence-corrected chi connectivity index (χ3v) is 3.65. The number of benzene rings is 1. The van der Waals surface area contributed by atoms with Crippen LogP contribution in [-0.4, -0.2) is 12.2 Å². The molecule has 1 aromatic heterocycles. The summed E-state index contributed by atoms with van der Waals surface area (Å²) in [4.78, 5) is 0. The zero-order valence-electron chi connectivity index (χ0n) is 9.87. The maximum atomic E-state index is 12.9. The molecule has 0 amide bonds. The lowest BCUT2D eigenvalue weighted by Gasteiger charge is -2.08. The SMILES string of the molecule is Cc1cc(C)n([B]F)c1Cc1ccc(I)cc1. The van der Waals surface area contributed by atoms with Crippen molar-refractivity contribution in [2.75, 3.05) is 0 Å². The van der Waals surface area contributed by atoms with Crippen LogP contribution < -0.4 is 0 Å². The largest absolute Gasteiger partial charge is 0.495 e. The minimum absolute atomic E-state index is 0.643. The van der Waals surface area contributed by atoms with E-state index in [1.807, 2.05) is 19.9 Å². The molecule has 87 valence electrons. The molecule has 1 heterocycles. The van der Waals surface area contributed by atoms with Crippen molar-refractivity contribution in [1.29, 1.82) is 0 Å². The number of hydrogen-bond donors (Lipinski definition) is 0. The minimum Gasteiger partial charge on any atom is -0.365 e. The van der Waals surface area contributed by atoms with E-state index in [0.29, 0.717) is 7.69 Å². The second-order valence-corrected chi connectivity index (χ2v) is 5.43. The summed E-state index contributed by atoms with van der Waals surface area (Å²) in [5, 5.41) is 0. The monoisotopic (exact) mass is 340 g/mol. The van der Waals surface area contributed by atoms with Crippen molar-refractivity contribution in [3.63, 3.8) is 0 Å². The summed E-state index contributed by atoms with van der Waals surface area (Å²) in [5.41, 5.74) is 4.29. The summed E-state index contributed by atoms with van der Waals surface area (Å²) in [6.07, 6.45) is 0.761. The topological polar surface area (TPSA) is 4.93 Å². The normalized spacial score (nSPS) is 10.6. The van der Waals surface area contributed by atoms with Crippen LogP contribution in [0.15, 0.2) is 30.3 Å². The molecule has 1 nitrogen and oxygen atoms in total. The number of halogens is 2. The zero-order valence-corrected chi connectivity index (χ0v) is 12.0. The van der Waals surface area contributed by atoms with Crippen LogP contribution in [0.5, 0.6) is 0 Å². The number of aromatic nitrogens is 1. The van der Waals surface area contributed by atoms with Crippen LogP contribution in [0.2, 0.25) is 0 Å². The molecule has 0 N–H and O–H groups in total. The highest BCUT2D eigenvalue weighted by molar-refractivity contribution is 14.1. The van der Waals surface area contributed by atoms with Crippen LogP contribution >= 0.6 is 22.6 Å². The smallest absolute Gasteiger partial charge is 0.365 e. The van der Waals surface area contributed by atoms with Crippen LogP contribution in [0.25, 0.3) is 0 Å². The molecule has 0 aliphatic carbocycles. The minimum atomic E-state index is 0.643. The average Bonchev–Trinajstić information content (AvgIpc) is 2.57. The highest BCUT2D eigenvalue weighted by Crippen LogP contribution is 2.18. The van der Waals surface area contributed by atoms with Crippen LogP contribution in [0, 0.1) is 17.4 Å². The molecule has 17 heavy (non-hydrogen) atoms. The van der Waals surface area contributed by atoms with Crippen molar-refractivity contribution in [3.8, 4) is 0 Å². The van der Waals surface area contributed by atoms with E-state index in [9.17, 15) is 4.32 Å². The van der Waals surface area contributed by atoms with E-state index in [2.05, 4.69) is 46.9 Å². The molecule has 0 spiro atoms. The molecule has 1 aromatic carbocycles. The second kappa shape index (κ2) is 5.25. The molecular weight excluding hydrogens is 327 g/mol. The van der Waals surface area contributed by atoms with Gasteiger partial charge in [0.25, 0.3) is 0 Å². The van der Waals surface area contributed by atoms with E-state index in [-0.39, 0.29) is 0 Å². The summed E-state index contributed by atoms with van der Waals surface area (Å²) in [5.74, 6) is 0. The van der Waals surface area contributed by atoms with Gasteiger partial charge in [0.05, 0.1) is 0 Å². The maximum absolute atomic E-state index is 12.9. The first-order valence-electron chi connectivity index (χ1n) is 5.47. The Morgan fingerprint density at radius 2 is 1.88 bits per heavy atom. The van der Waals surface area contributed by atoms with Crippen LogP contribution in [0.1, 0.15) is 22.5 Å². The summed E-state index contributed by atoms with van der Waals surface area (Å²) >= 11 is 2.28. The van der Waals surface area contributed by atoms with E-state index >= 15 is 0 Å². The van der Waals surface area contributed by atoms with Crippen LogP contribution in [0.4, 0.5) is 4.32 Å². The summed E-state index contributed by atoms with van der Waals surface area (Å²) < 4.78 is 15.7. The number of rotatable bonds is 3. The second-order valence-electron chi connectivity index (χ2n) is 4.19. The Labute approximate surface area is 115 Å². The van der Waals surface area contributed by atoms with Gasteiger partial charge in [-0.2, -0.15) is 0 Å². The number of nitrogens with zero attached hydrogens (tertiary/aromatic N) is 1. The lowest BCUT2D eigenvalue weighted by Crippen LogP contribution is -2.08. The fourth-order valence-corrected chi connectivity index (χ4v) is 2.38. The van der Waals surface area contributed by atoms with Gasteiger partial charge in [0.1, 0.15) is 0 Å². The molecule has 0 saturated heterocycles. The van der Waals surface area contributed by atoms with Gasteiger partial charge in [-0.15, -0.1) is 0 Å². The summed E-state index contributed by atoms with van der Waals surface area (Å²) in [6, 6.07) is 10.3. The van der Waals surface area contributed by atoms with Gasteiger partial charge in [-0.3, -0.25) is 0 Å². The van der Waals surface area contributed by atoms with Crippen LogP contribution in [0.3, 0.4) is 0 Å². The molecule has 0 aliphatic heterocycles.